The molecule has 20 heavy (non-hydrogen) atoms. The molecule has 0 radical (unpaired) electrons. The summed E-state index contributed by atoms with van der Waals surface area (Å²) in [5.41, 5.74) is -3.76. The molecule has 0 saturated heterocycles. The second-order valence-electron chi connectivity index (χ2n) is 5.79. The Labute approximate surface area is 114 Å². The van der Waals surface area contributed by atoms with Gasteiger partial charge in [0.25, 0.3) is 0 Å². The van der Waals surface area contributed by atoms with Crippen LogP contribution in [0.5, 0.6) is 5.88 Å². The highest BCUT2D eigenvalue weighted by molar-refractivity contribution is 7.87. The smallest absolute Gasteiger partial charge is 0.355 e. The lowest BCUT2D eigenvalue weighted by Gasteiger charge is -2.13. The molecule has 2 atom stereocenters. The van der Waals surface area contributed by atoms with Crippen LogP contribution in [0.1, 0.15) is 31.0 Å². The molecule has 2 aliphatic carbocycles. The Kier molecular flexibility index (Phi) is 2.50. The predicted molar refractivity (Wildman–Crippen MR) is 63.6 cm³/mol. The maximum Gasteiger partial charge on any atom is 0.534 e. The minimum Gasteiger partial charge on any atom is -0.355 e. The first-order valence-corrected chi connectivity index (χ1v) is 7.45. The summed E-state index contributed by atoms with van der Waals surface area (Å²) >= 11 is 0. The number of alkyl halides is 3. The average molecular weight is 307 g/mol. The molecule has 1 heterocycles. The zero-order valence-corrected chi connectivity index (χ0v) is 11.5. The molecule has 0 bridgehead atoms. The van der Waals surface area contributed by atoms with Crippen LogP contribution in [0.15, 0.2) is 12.1 Å². The number of rotatable bonds is 2. The number of aromatic nitrogens is 1. The van der Waals surface area contributed by atoms with Crippen molar-refractivity contribution in [2.24, 2.45) is 11.3 Å². The van der Waals surface area contributed by atoms with Crippen LogP contribution in [0, 0.1) is 11.3 Å². The van der Waals surface area contributed by atoms with E-state index in [1.165, 1.54) is 6.07 Å². The largest absolute Gasteiger partial charge is 0.534 e. The van der Waals surface area contributed by atoms with Gasteiger partial charge in [-0.15, -0.1) is 0 Å². The molecule has 0 aliphatic heterocycles. The van der Waals surface area contributed by atoms with Gasteiger partial charge in [-0.1, -0.05) is 19.9 Å². The number of pyridine rings is 1. The summed E-state index contributed by atoms with van der Waals surface area (Å²) in [5.74, 6) is 0.0820. The van der Waals surface area contributed by atoms with Crippen molar-refractivity contribution in [1.82, 2.24) is 4.98 Å². The third-order valence-electron chi connectivity index (χ3n) is 4.25. The Morgan fingerprint density at radius 2 is 2.00 bits per heavy atom. The summed E-state index contributed by atoms with van der Waals surface area (Å²) in [7, 11) is -5.66. The Morgan fingerprint density at radius 3 is 2.60 bits per heavy atom. The molecule has 1 fully saturated rings. The van der Waals surface area contributed by atoms with Crippen molar-refractivity contribution in [3.8, 4) is 5.88 Å². The number of hydrogen-bond acceptors (Lipinski definition) is 4. The Bertz CT molecular complexity index is 682. The van der Waals surface area contributed by atoms with Crippen molar-refractivity contribution in [2.75, 3.05) is 0 Å². The minimum atomic E-state index is -5.66. The molecule has 0 N–H and O–H groups in total. The first-order valence-electron chi connectivity index (χ1n) is 6.04. The molecular weight excluding hydrogens is 295 g/mol. The highest BCUT2D eigenvalue weighted by atomic mass is 32.2. The summed E-state index contributed by atoms with van der Waals surface area (Å²) in [4.78, 5) is 3.97. The molecule has 2 aliphatic rings. The maximum atomic E-state index is 12.3. The first-order chi connectivity index (χ1) is 9.04. The molecule has 0 spiro atoms. The maximum absolute atomic E-state index is 12.3. The van der Waals surface area contributed by atoms with E-state index in [0.29, 0.717) is 11.6 Å². The summed E-state index contributed by atoms with van der Waals surface area (Å²) in [5, 5.41) is 0. The molecule has 1 aromatic heterocycles. The van der Waals surface area contributed by atoms with Crippen molar-refractivity contribution in [3.63, 3.8) is 0 Å². The van der Waals surface area contributed by atoms with E-state index in [1.54, 1.807) is 6.07 Å². The molecule has 1 aromatic rings. The van der Waals surface area contributed by atoms with E-state index in [-0.39, 0.29) is 11.3 Å². The second kappa shape index (κ2) is 3.66. The molecule has 1 saturated carbocycles. The van der Waals surface area contributed by atoms with Crippen LogP contribution in [0.4, 0.5) is 13.2 Å². The van der Waals surface area contributed by atoms with Crippen LogP contribution >= 0.6 is 0 Å². The lowest BCUT2D eigenvalue weighted by molar-refractivity contribution is -0.0501. The Morgan fingerprint density at radius 1 is 1.35 bits per heavy atom. The van der Waals surface area contributed by atoms with Crippen LogP contribution in [-0.2, 0) is 16.5 Å². The zero-order valence-electron chi connectivity index (χ0n) is 10.7. The minimum absolute atomic E-state index is 0.0710. The van der Waals surface area contributed by atoms with Gasteiger partial charge in [-0.2, -0.15) is 21.6 Å². The van der Waals surface area contributed by atoms with Gasteiger partial charge in [0.15, 0.2) is 0 Å². The van der Waals surface area contributed by atoms with E-state index in [4.69, 9.17) is 0 Å². The molecular formula is C12H12F3NO3S. The van der Waals surface area contributed by atoms with Gasteiger partial charge < -0.3 is 4.18 Å². The van der Waals surface area contributed by atoms with Gasteiger partial charge in [-0.25, -0.2) is 4.98 Å². The lowest BCUT2D eigenvalue weighted by Crippen LogP contribution is -2.28. The fourth-order valence-electron chi connectivity index (χ4n) is 3.04. The highest BCUT2D eigenvalue weighted by Gasteiger charge is 2.63. The number of nitrogens with zero attached hydrogens (tertiary/aromatic N) is 1. The van der Waals surface area contributed by atoms with Gasteiger partial charge in [0.05, 0.1) is 5.69 Å². The molecule has 8 heteroatoms. The van der Waals surface area contributed by atoms with Gasteiger partial charge in [0.2, 0.25) is 5.88 Å². The van der Waals surface area contributed by atoms with Crippen LogP contribution < -0.4 is 4.18 Å². The van der Waals surface area contributed by atoms with Crippen LogP contribution in [0.3, 0.4) is 0 Å². The van der Waals surface area contributed by atoms with Crippen molar-refractivity contribution < 1.29 is 25.8 Å². The Balaban J connectivity index is 1.90. The first kappa shape index (κ1) is 13.7. The third-order valence-corrected chi connectivity index (χ3v) is 5.21. The van der Waals surface area contributed by atoms with Crippen LogP contribution in [0.2, 0.25) is 0 Å². The molecule has 4 nitrogen and oxygen atoms in total. The molecule has 0 amide bonds. The average Bonchev–Trinajstić information content (AvgIpc) is 2.67. The SMILES string of the molecule is CC1(C)[C@@H]2Cc3ccc(OS(=O)(=O)C(F)(F)F)nc3[C@@H]21. The van der Waals surface area contributed by atoms with Gasteiger partial charge in [0.1, 0.15) is 0 Å². The summed E-state index contributed by atoms with van der Waals surface area (Å²) in [6, 6.07) is 2.76. The molecule has 0 unspecified atom stereocenters. The lowest BCUT2D eigenvalue weighted by atomic mass is 9.98. The van der Waals surface area contributed by atoms with Gasteiger partial charge in [0, 0.05) is 12.0 Å². The summed E-state index contributed by atoms with van der Waals surface area (Å²) < 4.78 is 62.8. The third kappa shape index (κ3) is 1.81. The monoisotopic (exact) mass is 307 g/mol. The number of fused-ring (bicyclic) bond motifs is 3. The normalized spacial score (nSPS) is 26.9. The van der Waals surface area contributed by atoms with E-state index >= 15 is 0 Å². The molecule has 110 valence electrons. The standard InChI is InChI=1S/C12H12F3NO3S/c1-11(2)7-5-6-3-4-8(16-10(6)9(7)11)19-20(17,18)12(13,14)15/h3-4,7,9H,5H2,1-2H3/t7-,9-/m1/s1. The second-order valence-corrected chi connectivity index (χ2v) is 7.32. The van der Waals surface area contributed by atoms with E-state index in [2.05, 4.69) is 23.0 Å². The van der Waals surface area contributed by atoms with Crippen molar-refractivity contribution >= 4 is 10.1 Å². The van der Waals surface area contributed by atoms with E-state index in [0.717, 1.165) is 12.0 Å². The predicted octanol–water partition coefficient (Wildman–Crippen LogP) is 2.61. The van der Waals surface area contributed by atoms with E-state index in [9.17, 15) is 21.6 Å². The van der Waals surface area contributed by atoms with Gasteiger partial charge in [-0.05, 0) is 23.3 Å². The topological polar surface area (TPSA) is 56.3 Å². The zero-order chi connectivity index (χ0) is 14.9. The fourth-order valence-corrected chi connectivity index (χ4v) is 3.45. The highest BCUT2D eigenvalue weighted by Crippen LogP contribution is 2.69. The molecule has 0 aromatic carbocycles. The fraction of sp³-hybridized carbons (Fsp3) is 0.583. The van der Waals surface area contributed by atoms with Crippen LogP contribution in [-0.4, -0.2) is 18.9 Å². The quantitative estimate of drug-likeness (QED) is 0.622. The number of hydrogen-bond donors (Lipinski definition) is 0. The molecule has 3 rings (SSSR count). The van der Waals surface area contributed by atoms with Gasteiger partial charge >= 0.3 is 15.6 Å². The Hall–Kier alpha value is -1.31. The summed E-state index contributed by atoms with van der Waals surface area (Å²) in [6.07, 6.45) is 0.826. The van der Waals surface area contributed by atoms with E-state index < -0.39 is 21.5 Å². The van der Waals surface area contributed by atoms with Crippen molar-refractivity contribution in [1.29, 1.82) is 0 Å². The van der Waals surface area contributed by atoms with Crippen LogP contribution in [0.25, 0.3) is 0 Å². The van der Waals surface area contributed by atoms with Crippen molar-refractivity contribution in [3.05, 3.63) is 23.4 Å². The number of halogens is 3. The van der Waals surface area contributed by atoms with E-state index in [1.807, 2.05) is 0 Å². The van der Waals surface area contributed by atoms with Crippen molar-refractivity contribution in [2.45, 2.75) is 31.7 Å². The summed E-state index contributed by atoms with van der Waals surface area (Å²) in [6.45, 7) is 4.12. The van der Waals surface area contributed by atoms with Gasteiger partial charge in [-0.3, -0.25) is 0 Å².